The van der Waals surface area contributed by atoms with Crippen molar-refractivity contribution < 1.29 is 32.6 Å². The van der Waals surface area contributed by atoms with E-state index in [0.717, 1.165) is 0 Å². The van der Waals surface area contributed by atoms with Crippen LogP contribution in [0.1, 0.15) is 27.2 Å². The monoisotopic (exact) mass is 283 g/mol. The van der Waals surface area contributed by atoms with Crippen molar-refractivity contribution in [1.29, 1.82) is 0 Å². The van der Waals surface area contributed by atoms with Crippen LogP contribution < -0.4 is 0 Å². The van der Waals surface area contributed by atoms with E-state index in [1.807, 2.05) is 0 Å². The van der Waals surface area contributed by atoms with E-state index in [2.05, 4.69) is 0 Å². The standard InChI is InChI=1S/C11H16F3NO4/c1-10(2,3)19-9(18)15-5-4-6(11(12,13)14)7(15)8(16)17/h6-7H,4-5H2,1-3H3,(H,16,17)/t6-,7-/m0/s1. The molecule has 5 nitrogen and oxygen atoms in total. The van der Waals surface area contributed by atoms with Crippen molar-refractivity contribution in [3.8, 4) is 0 Å². The second-order valence-electron chi connectivity index (χ2n) is 5.39. The Bertz CT molecular complexity index is 375. The highest BCUT2D eigenvalue weighted by Crippen LogP contribution is 2.38. The summed E-state index contributed by atoms with van der Waals surface area (Å²) in [6.45, 7) is 4.38. The van der Waals surface area contributed by atoms with Crippen molar-refractivity contribution in [2.75, 3.05) is 6.54 Å². The van der Waals surface area contributed by atoms with Gasteiger partial charge in [-0.1, -0.05) is 0 Å². The van der Waals surface area contributed by atoms with Crippen LogP contribution in [0.2, 0.25) is 0 Å². The molecule has 1 aliphatic rings. The molecule has 1 saturated heterocycles. The lowest BCUT2D eigenvalue weighted by Gasteiger charge is -2.28. The molecule has 0 aromatic rings. The fraction of sp³-hybridized carbons (Fsp3) is 0.818. The van der Waals surface area contributed by atoms with E-state index in [9.17, 15) is 22.8 Å². The summed E-state index contributed by atoms with van der Waals surface area (Å²) in [5, 5.41) is 8.92. The van der Waals surface area contributed by atoms with Gasteiger partial charge < -0.3 is 9.84 Å². The molecular formula is C11H16F3NO4. The molecule has 0 spiro atoms. The molecule has 1 amide bonds. The summed E-state index contributed by atoms with van der Waals surface area (Å²) in [5.41, 5.74) is -0.892. The summed E-state index contributed by atoms with van der Waals surface area (Å²) in [6.07, 6.45) is -6.12. The highest BCUT2D eigenvalue weighted by atomic mass is 19.4. The van der Waals surface area contributed by atoms with Crippen molar-refractivity contribution in [2.24, 2.45) is 5.92 Å². The lowest BCUT2D eigenvalue weighted by Crippen LogP contribution is -2.48. The van der Waals surface area contributed by atoms with Gasteiger partial charge in [0.2, 0.25) is 0 Å². The first kappa shape index (κ1) is 15.6. The maximum absolute atomic E-state index is 12.7. The molecule has 0 aliphatic carbocycles. The van der Waals surface area contributed by atoms with Gasteiger partial charge in [0, 0.05) is 6.54 Å². The quantitative estimate of drug-likeness (QED) is 0.801. The molecule has 1 aliphatic heterocycles. The average Bonchev–Trinajstić information content (AvgIpc) is 2.57. The van der Waals surface area contributed by atoms with E-state index in [0.29, 0.717) is 4.90 Å². The van der Waals surface area contributed by atoms with Crippen LogP contribution in [0.15, 0.2) is 0 Å². The number of carbonyl (C=O) groups excluding carboxylic acids is 1. The summed E-state index contributed by atoms with van der Waals surface area (Å²) in [6, 6.07) is -1.92. The Balaban J connectivity index is 2.91. The second kappa shape index (κ2) is 4.90. The van der Waals surface area contributed by atoms with Crippen molar-refractivity contribution >= 4 is 12.1 Å². The van der Waals surface area contributed by atoms with E-state index in [1.165, 1.54) is 0 Å². The van der Waals surface area contributed by atoms with Gasteiger partial charge in [0.05, 0.1) is 5.92 Å². The number of likely N-dealkylation sites (tertiary alicyclic amines) is 1. The summed E-state index contributed by atoms with van der Waals surface area (Å²) in [4.78, 5) is 23.3. The molecule has 0 aromatic heterocycles. The minimum absolute atomic E-state index is 0.282. The lowest BCUT2D eigenvalue weighted by atomic mass is 10.00. The molecule has 1 fully saturated rings. The van der Waals surface area contributed by atoms with Crippen LogP contribution in [0.3, 0.4) is 0 Å². The Morgan fingerprint density at radius 3 is 2.16 bits per heavy atom. The molecule has 1 rings (SSSR count). The van der Waals surface area contributed by atoms with Gasteiger partial charge in [-0.05, 0) is 27.2 Å². The Labute approximate surface area is 108 Å². The maximum atomic E-state index is 12.7. The molecule has 0 radical (unpaired) electrons. The van der Waals surface area contributed by atoms with Crippen molar-refractivity contribution in [2.45, 2.75) is 45.0 Å². The number of rotatable bonds is 1. The third-order valence-electron chi connectivity index (χ3n) is 2.70. The number of hydrogen-bond donors (Lipinski definition) is 1. The molecule has 19 heavy (non-hydrogen) atoms. The molecule has 0 saturated carbocycles. The van der Waals surface area contributed by atoms with Crippen molar-refractivity contribution in [3.05, 3.63) is 0 Å². The van der Waals surface area contributed by atoms with Gasteiger partial charge in [0.25, 0.3) is 0 Å². The predicted molar refractivity (Wildman–Crippen MR) is 58.5 cm³/mol. The Morgan fingerprint density at radius 2 is 1.79 bits per heavy atom. The summed E-state index contributed by atoms with van der Waals surface area (Å²) < 4.78 is 43.0. The highest BCUT2D eigenvalue weighted by Gasteiger charge is 2.55. The van der Waals surface area contributed by atoms with Crippen LogP contribution in [0.25, 0.3) is 0 Å². The van der Waals surface area contributed by atoms with Gasteiger partial charge in [0.1, 0.15) is 11.6 Å². The van der Waals surface area contributed by atoms with Gasteiger partial charge in [0.15, 0.2) is 0 Å². The zero-order valence-corrected chi connectivity index (χ0v) is 10.8. The number of aliphatic carboxylic acids is 1. The molecule has 2 atom stereocenters. The third kappa shape index (κ3) is 3.74. The largest absolute Gasteiger partial charge is 0.480 e. The Morgan fingerprint density at radius 1 is 1.26 bits per heavy atom. The fourth-order valence-corrected chi connectivity index (χ4v) is 1.97. The second-order valence-corrected chi connectivity index (χ2v) is 5.39. The fourth-order valence-electron chi connectivity index (χ4n) is 1.97. The first-order chi connectivity index (χ1) is 8.43. The Kier molecular flexibility index (Phi) is 4.02. The zero-order valence-electron chi connectivity index (χ0n) is 10.8. The number of alkyl halides is 3. The molecule has 1 heterocycles. The average molecular weight is 283 g/mol. The zero-order chi connectivity index (χ0) is 15.0. The van der Waals surface area contributed by atoms with Crippen LogP contribution in [0.4, 0.5) is 18.0 Å². The number of carboxylic acids is 1. The van der Waals surface area contributed by atoms with Gasteiger partial charge in [-0.15, -0.1) is 0 Å². The van der Waals surface area contributed by atoms with Crippen LogP contribution >= 0.6 is 0 Å². The molecular weight excluding hydrogens is 267 g/mol. The number of amides is 1. The molecule has 110 valence electrons. The predicted octanol–water partition coefficient (Wildman–Crippen LogP) is 2.26. The number of ether oxygens (including phenoxy) is 1. The smallest absolute Gasteiger partial charge is 0.411 e. The minimum atomic E-state index is -4.65. The lowest BCUT2D eigenvalue weighted by molar-refractivity contribution is -0.187. The van der Waals surface area contributed by atoms with Crippen molar-refractivity contribution in [1.82, 2.24) is 4.90 Å². The van der Waals surface area contributed by atoms with Crippen molar-refractivity contribution in [3.63, 3.8) is 0 Å². The van der Waals surface area contributed by atoms with E-state index in [4.69, 9.17) is 9.84 Å². The van der Waals surface area contributed by atoms with E-state index < -0.39 is 42.2 Å². The first-order valence-corrected chi connectivity index (χ1v) is 5.72. The van der Waals surface area contributed by atoms with E-state index >= 15 is 0 Å². The molecule has 0 bridgehead atoms. The number of nitrogens with zero attached hydrogens (tertiary/aromatic N) is 1. The minimum Gasteiger partial charge on any atom is -0.480 e. The van der Waals surface area contributed by atoms with Gasteiger partial charge in [-0.2, -0.15) is 13.2 Å². The molecule has 0 aromatic carbocycles. The number of hydrogen-bond acceptors (Lipinski definition) is 3. The normalized spacial score (nSPS) is 24.4. The SMILES string of the molecule is CC(C)(C)OC(=O)N1CC[C@H](C(F)(F)F)[C@H]1C(=O)O. The first-order valence-electron chi connectivity index (χ1n) is 5.72. The van der Waals surface area contributed by atoms with Crippen LogP contribution in [-0.2, 0) is 9.53 Å². The number of carbonyl (C=O) groups is 2. The maximum Gasteiger partial charge on any atom is 0.411 e. The molecule has 8 heteroatoms. The van der Waals surface area contributed by atoms with E-state index in [-0.39, 0.29) is 6.54 Å². The molecule has 1 N–H and O–H groups in total. The van der Waals surface area contributed by atoms with Gasteiger partial charge in [-0.3, -0.25) is 4.90 Å². The Hall–Kier alpha value is -1.47. The van der Waals surface area contributed by atoms with Crippen LogP contribution in [0, 0.1) is 5.92 Å². The summed E-state index contributed by atoms with van der Waals surface area (Å²) in [7, 11) is 0. The summed E-state index contributed by atoms with van der Waals surface area (Å²) >= 11 is 0. The summed E-state index contributed by atoms with van der Waals surface area (Å²) in [5.74, 6) is -3.73. The van der Waals surface area contributed by atoms with E-state index in [1.54, 1.807) is 20.8 Å². The van der Waals surface area contributed by atoms with Crippen LogP contribution in [0.5, 0.6) is 0 Å². The molecule has 0 unspecified atom stereocenters. The number of halogens is 3. The van der Waals surface area contributed by atoms with Gasteiger partial charge >= 0.3 is 18.2 Å². The third-order valence-corrected chi connectivity index (χ3v) is 2.70. The number of carboxylic acid groups (broad SMARTS) is 1. The highest BCUT2D eigenvalue weighted by molar-refractivity contribution is 5.81. The topological polar surface area (TPSA) is 66.8 Å². The van der Waals surface area contributed by atoms with Gasteiger partial charge in [-0.25, -0.2) is 9.59 Å². The van der Waals surface area contributed by atoms with Crippen LogP contribution in [-0.4, -0.2) is 46.4 Å².